The van der Waals surface area contributed by atoms with Crippen molar-refractivity contribution in [3.63, 3.8) is 0 Å². The second kappa shape index (κ2) is 7.27. The van der Waals surface area contributed by atoms with Crippen molar-refractivity contribution in [3.8, 4) is 0 Å². The molecule has 1 N–H and O–H groups in total. The van der Waals surface area contributed by atoms with Gasteiger partial charge in [0.2, 0.25) is 0 Å². The first-order valence-corrected chi connectivity index (χ1v) is 7.72. The van der Waals surface area contributed by atoms with Crippen molar-refractivity contribution in [2.45, 2.75) is 18.9 Å². The fraction of sp³-hybridized carbons (Fsp3) is 0.353. The zero-order valence-corrected chi connectivity index (χ0v) is 12.9. The molecule has 126 valence electrons. The molecule has 2 aromatic rings. The van der Waals surface area contributed by atoms with Crippen molar-refractivity contribution in [3.05, 3.63) is 46.3 Å². The monoisotopic (exact) mass is 331 g/mol. The van der Waals surface area contributed by atoms with Crippen LogP contribution in [0.4, 0.5) is 0 Å². The standard InChI is InChI=1S/C17H17NO6/c19-15(18-9-12-5-3-7-22-12)10-23-16(20)13-8-11-4-1-2-6-14(11)24-17(13)21/h1-2,4,6,8,12H,3,5,7,9-10H2,(H,18,19). The van der Waals surface area contributed by atoms with Gasteiger partial charge in [0.15, 0.2) is 6.61 Å². The van der Waals surface area contributed by atoms with Crippen LogP contribution in [0.1, 0.15) is 23.2 Å². The lowest BCUT2D eigenvalue weighted by atomic mass is 10.2. The van der Waals surface area contributed by atoms with E-state index in [2.05, 4.69) is 5.32 Å². The minimum Gasteiger partial charge on any atom is -0.452 e. The molecule has 24 heavy (non-hydrogen) atoms. The summed E-state index contributed by atoms with van der Waals surface area (Å²) in [6.07, 6.45) is 1.89. The van der Waals surface area contributed by atoms with Crippen LogP contribution in [0.15, 0.2) is 39.5 Å². The highest BCUT2D eigenvalue weighted by atomic mass is 16.5. The van der Waals surface area contributed by atoms with Crippen molar-refractivity contribution >= 4 is 22.8 Å². The van der Waals surface area contributed by atoms with Crippen LogP contribution in [-0.4, -0.2) is 37.7 Å². The molecule has 1 unspecified atom stereocenters. The summed E-state index contributed by atoms with van der Waals surface area (Å²) in [4.78, 5) is 35.5. The molecule has 1 aromatic heterocycles. The van der Waals surface area contributed by atoms with Crippen LogP contribution >= 0.6 is 0 Å². The van der Waals surface area contributed by atoms with E-state index in [1.165, 1.54) is 6.07 Å². The Labute approximate surface area is 137 Å². The zero-order valence-electron chi connectivity index (χ0n) is 12.9. The summed E-state index contributed by atoms with van der Waals surface area (Å²) in [5.41, 5.74) is -0.646. The van der Waals surface area contributed by atoms with Crippen LogP contribution in [0.3, 0.4) is 0 Å². The number of carbonyl (C=O) groups is 2. The highest BCUT2D eigenvalue weighted by molar-refractivity contribution is 5.94. The molecule has 1 aromatic carbocycles. The third-order valence-corrected chi connectivity index (χ3v) is 3.75. The van der Waals surface area contributed by atoms with E-state index in [9.17, 15) is 14.4 Å². The lowest BCUT2D eigenvalue weighted by Gasteiger charge is -2.10. The number of esters is 1. The number of fused-ring (bicyclic) bond motifs is 1. The van der Waals surface area contributed by atoms with Gasteiger partial charge in [-0.1, -0.05) is 18.2 Å². The Kier molecular flexibility index (Phi) is 4.90. The molecular formula is C17H17NO6. The molecular weight excluding hydrogens is 314 g/mol. The first-order chi connectivity index (χ1) is 11.6. The molecule has 0 radical (unpaired) electrons. The minimum atomic E-state index is -0.887. The summed E-state index contributed by atoms with van der Waals surface area (Å²) in [7, 11) is 0. The lowest BCUT2D eigenvalue weighted by Crippen LogP contribution is -2.35. The molecule has 1 fully saturated rings. The zero-order chi connectivity index (χ0) is 16.9. The normalized spacial score (nSPS) is 16.9. The molecule has 7 nitrogen and oxygen atoms in total. The number of hydrogen-bond donors (Lipinski definition) is 1. The average molecular weight is 331 g/mol. The molecule has 0 spiro atoms. The number of amides is 1. The molecule has 2 heterocycles. The highest BCUT2D eigenvalue weighted by Crippen LogP contribution is 2.13. The number of carbonyl (C=O) groups excluding carboxylic acids is 2. The maximum Gasteiger partial charge on any atom is 0.351 e. The quantitative estimate of drug-likeness (QED) is 0.654. The van der Waals surface area contributed by atoms with Crippen LogP contribution in [0.5, 0.6) is 0 Å². The number of nitrogens with one attached hydrogen (secondary N) is 1. The summed E-state index contributed by atoms with van der Waals surface area (Å²) in [6, 6.07) is 8.22. The first-order valence-electron chi connectivity index (χ1n) is 7.72. The SMILES string of the molecule is O=C(COC(=O)c1cc2ccccc2oc1=O)NCC1CCCO1. The third kappa shape index (κ3) is 3.80. The predicted molar refractivity (Wildman–Crippen MR) is 84.8 cm³/mol. The van der Waals surface area contributed by atoms with E-state index in [0.29, 0.717) is 24.1 Å². The van der Waals surface area contributed by atoms with Gasteiger partial charge < -0.3 is 19.2 Å². The maximum atomic E-state index is 12.0. The molecule has 1 aliphatic rings. The van der Waals surface area contributed by atoms with Gasteiger partial charge in [0.25, 0.3) is 5.91 Å². The number of ether oxygens (including phenoxy) is 2. The molecule has 7 heteroatoms. The Morgan fingerprint density at radius 2 is 2.12 bits per heavy atom. The fourth-order valence-corrected chi connectivity index (χ4v) is 2.50. The summed E-state index contributed by atoms with van der Waals surface area (Å²) >= 11 is 0. The van der Waals surface area contributed by atoms with Gasteiger partial charge in [-0.3, -0.25) is 4.79 Å². The van der Waals surface area contributed by atoms with E-state index in [4.69, 9.17) is 13.9 Å². The molecule has 1 aliphatic heterocycles. The van der Waals surface area contributed by atoms with Crippen LogP contribution in [0, 0.1) is 0 Å². The van der Waals surface area contributed by atoms with Crippen molar-refractivity contribution in [1.82, 2.24) is 5.32 Å². The maximum absolute atomic E-state index is 12.0. The Balaban J connectivity index is 1.57. The van der Waals surface area contributed by atoms with E-state index in [-0.39, 0.29) is 11.7 Å². The molecule has 0 saturated carbocycles. The molecule has 0 aliphatic carbocycles. The van der Waals surface area contributed by atoms with Crippen LogP contribution in [-0.2, 0) is 14.3 Å². The van der Waals surface area contributed by atoms with Gasteiger partial charge >= 0.3 is 11.6 Å². The molecule has 1 atom stereocenters. The van der Waals surface area contributed by atoms with Gasteiger partial charge in [0.1, 0.15) is 11.1 Å². The van der Waals surface area contributed by atoms with Crippen molar-refractivity contribution in [1.29, 1.82) is 0 Å². The average Bonchev–Trinajstić information content (AvgIpc) is 3.10. The van der Waals surface area contributed by atoms with Gasteiger partial charge in [-0.05, 0) is 25.0 Å². The Morgan fingerprint density at radius 1 is 1.29 bits per heavy atom. The van der Waals surface area contributed by atoms with Gasteiger partial charge in [-0.25, -0.2) is 9.59 Å². The Bertz CT molecular complexity index is 806. The van der Waals surface area contributed by atoms with Crippen LogP contribution < -0.4 is 10.9 Å². The number of para-hydroxylation sites is 1. The molecule has 1 amide bonds. The minimum absolute atomic E-state index is 0.0113. The summed E-state index contributed by atoms with van der Waals surface area (Å²) in [5, 5.41) is 3.24. The molecule has 1 saturated heterocycles. The van der Waals surface area contributed by atoms with Crippen LogP contribution in [0.25, 0.3) is 11.0 Å². The van der Waals surface area contributed by atoms with Gasteiger partial charge in [-0.2, -0.15) is 0 Å². The highest BCUT2D eigenvalue weighted by Gasteiger charge is 2.18. The van der Waals surface area contributed by atoms with E-state index in [0.717, 1.165) is 12.8 Å². The Hall–Kier alpha value is -2.67. The van der Waals surface area contributed by atoms with Crippen molar-refractivity contribution in [2.24, 2.45) is 0 Å². The first kappa shape index (κ1) is 16.2. The molecule has 3 rings (SSSR count). The summed E-state index contributed by atoms with van der Waals surface area (Å²) in [6.45, 7) is 0.625. The fourth-order valence-electron chi connectivity index (χ4n) is 2.50. The predicted octanol–water partition coefficient (Wildman–Crippen LogP) is 1.24. The number of benzene rings is 1. The number of hydrogen-bond acceptors (Lipinski definition) is 6. The summed E-state index contributed by atoms with van der Waals surface area (Å²) < 4.78 is 15.3. The summed E-state index contributed by atoms with van der Waals surface area (Å²) in [5.74, 6) is -1.33. The second-order valence-electron chi connectivity index (χ2n) is 5.50. The smallest absolute Gasteiger partial charge is 0.351 e. The lowest BCUT2D eigenvalue weighted by molar-refractivity contribution is -0.124. The van der Waals surface area contributed by atoms with Crippen molar-refractivity contribution < 1.29 is 23.5 Å². The largest absolute Gasteiger partial charge is 0.452 e. The third-order valence-electron chi connectivity index (χ3n) is 3.75. The Morgan fingerprint density at radius 3 is 2.92 bits per heavy atom. The van der Waals surface area contributed by atoms with E-state index >= 15 is 0 Å². The van der Waals surface area contributed by atoms with Gasteiger partial charge in [0.05, 0.1) is 6.10 Å². The van der Waals surface area contributed by atoms with Crippen molar-refractivity contribution in [2.75, 3.05) is 19.8 Å². The van der Waals surface area contributed by atoms with Gasteiger partial charge in [-0.15, -0.1) is 0 Å². The second-order valence-corrected chi connectivity index (χ2v) is 5.50. The number of rotatable bonds is 5. The van der Waals surface area contributed by atoms with E-state index in [1.807, 2.05) is 0 Å². The van der Waals surface area contributed by atoms with Gasteiger partial charge in [0, 0.05) is 18.5 Å². The van der Waals surface area contributed by atoms with Crippen LogP contribution in [0.2, 0.25) is 0 Å². The van der Waals surface area contributed by atoms with E-state index in [1.54, 1.807) is 24.3 Å². The van der Waals surface area contributed by atoms with E-state index < -0.39 is 24.1 Å². The molecule has 0 bridgehead atoms. The topological polar surface area (TPSA) is 94.8 Å².